The fourth-order valence-electron chi connectivity index (χ4n) is 4.11. The summed E-state index contributed by atoms with van der Waals surface area (Å²) in [6, 6.07) is 17.6. The maximum Gasteiger partial charge on any atom is 0.0492 e. The van der Waals surface area contributed by atoms with Crippen LogP contribution in [0.1, 0.15) is 24.6 Å². The lowest BCUT2D eigenvalue weighted by molar-refractivity contribution is 0.223. The average molecular weight is 339 g/mol. The lowest BCUT2D eigenvalue weighted by Gasteiger charge is -2.31. The van der Waals surface area contributed by atoms with Crippen molar-refractivity contribution < 1.29 is 0 Å². The normalized spacial score (nSPS) is 16.8. The second kappa shape index (κ2) is 6.27. The Morgan fingerprint density at radius 1 is 1.00 bits per heavy atom. The van der Waals surface area contributed by atoms with Crippen molar-refractivity contribution in [3.05, 3.63) is 59.2 Å². The number of aromatic nitrogens is 1. The Hall–Kier alpha value is -1.77. The van der Waals surface area contributed by atoms with E-state index < -0.39 is 0 Å². The van der Waals surface area contributed by atoms with Gasteiger partial charge < -0.3 is 9.47 Å². The van der Waals surface area contributed by atoms with Gasteiger partial charge >= 0.3 is 0 Å². The van der Waals surface area contributed by atoms with E-state index in [1.165, 1.54) is 40.6 Å². The molecule has 1 aromatic heterocycles. The number of piperidine rings is 1. The number of hydrogen-bond acceptors (Lipinski definition) is 1. The molecule has 3 aromatic rings. The van der Waals surface area contributed by atoms with E-state index in [0.717, 1.165) is 18.1 Å². The van der Waals surface area contributed by atoms with Crippen LogP contribution in [0.2, 0.25) is 5.02 Å². The molecule has 0 atom stereocenters. The van der Waals surface area contributed by atoms with E-state index >= 15 is 0 Å². The fraction of sp³-hybridized carbons (Fsp3) is 0.333. The van der Waals surface area contributed by atoms with Crippen LogP contribution in [-0.4, -0.2) is 29.6 Å². The Morgan fingerprint density at radius 3 is 2.42 bits per heavy atom. The van der Waals surface area contributed by atoms with Crippen LogP contribution in [0.15, 0.2) is 48.5 Å². The van der Waals surface area contributed by atoms with Crippen molar-refractivity contribution >= 4 is 22.5 Å². The summed E-state index contributed by atoms with van der Waals surface area (Å²) in [4.78, 5) is 2.42. The van der Waals surface area contributed by atoms with E-state index in [0.29, 0.717) is 6.04 Å². The van der Waals surface area contributed by atoms with Crippen molar-refractivity contribution in [1.82, 2.24) is 9.47 Å². The topological polar surface area (TPSA) is 8.17 Å². The molecule has 1 fully saturated rings. The van der Waals surface area contributed by atoms with Crippen molar-refractivity contribution in [3.8, 4) is 11.1 Å². The van der Waals surface area contributed by atoms with Gasteiger partial charge in [-0.3, -0.25) is 0 Å². The third-order valence-corrected chi connectivity index (χ3v) is 5.56. The summed E-state index contributed by atoms with van der Waals surface area (Å²) < 4.78 is 2.56. The van der Waals surface area contributed by atoms with Crippen LogP contribution in [0, 0.1) is 6.92 Å². The summed E-state index contributed by atoms with van der Waals surface area (Å²) in [7, 11) is 2.21. The monoisotopic (exact) mass is 338 g/mol. The Kier molecular flexibility index (Phi) is 4.11. The van der Waals surface area contributed by atoms with Gasteiger partial charge in [0.15, 0.2) is 0 Å². The molecule has 124 valence electrons. The zero-order chi connectivity index (χ0) is 16.7. The molecule has 0 bridgehead atoms. The minimum atomic E-state index is 0.572. The molecule has 2 aromatic carbocycles. The number of hydrogen-bond donors (Lipinski definition) is 0. The van der Waals surface area contributed by atoms with E-state index in [1.807, 2.05) is 6.07 Å². The van der Waals surface area contributed by atoms with Gasteiger partial charge in [-0.25, -0.2) is 0 Å². The summed E-state index contributed by atoms with van der Waals surface area (Å²) >= 11 is 6.33. The van der Waals surface area contributed by atoms with Gasteiger partial charge in [0, 0.05) is 33.2 Å². The van der Waals surface area contributed by atoms with Gasteiger partial charge in [0.05, 0.1) is 0 Å². The minimum absolute atomic E-state index is 0.572. The molecular weight excluding hydrogens is 316 g/mol. The molecule has 0 saturated carbocycles. The van der Waals surface area contributed by atoms with Gasteiger partial charge in [0.1, 0.15) is 0 Å². The van der Waals surface area contributed by atoms with Gasteiger partial charge in [-0.15, -0.1) is 0 Å². The highest BCUT2D eigenvalue weighted by molar-refractivity contribution is 6.31. The lowest BCUT2D eigenvalue weighted by Crippen LogP contribution is -2.31. The zero-order valence-electron chi connectivity index (χ0n) is 14.3. The summed E-state index contributed by atoms with van der Waals surface area (Å²) in [5, 5.41) is 2.07. The molecule has 24 heavy (non-hydrogen) atoms. The molecule has 2 heterocycles. The van der Waals surface area contributed by atoms with Crippen LogP contribution in [-0.2, 0) is 0 Å². The van der Waals surface area contributed by atoms with Gasteiger partial charge in [-0.1, -0.05) is 41.9 Å². The summed E-state index contributed by atoms with van der Waals surface area (Å²) in [6.45, 7) is 4.59. The van der Waals surface area contributed by atoms with Crippen molar-refractivity contribution in [2.24, 2.45) is 0 Å². The van der Waals surface area contributed by atoms with Crippen LogP contribution < -0.4 is 0 Å². The number of likely N-dealkylation sites (tertiary alicyclic amines) is 1. The standard InChI is InChI=1S/C21H23ClN2/c1-15-21(16-6-4-3-5-7-16)19-14-17(22)8-9-20(19)24(15)18-10-12-23(2)13-11-18/h3-9,14,18H,10-13H2,1-2H3. The van der Waals surface area contributed by atoms with Crippen molar-refractivity contribution in [2.75, 3.05) is 20.1 Å². The Morgan fingerprint density at radius 2 is 1.71 bits per heavy atom. The van der Waals surface area contributed by atoms with Gasteiger partial charge in [-0.05, 0) is 63.7 Å². The maximum atomic E-state index is 6.33. The van der Waals surface area contributed by atoms with Crippen LogP contribution in [0.5, 0.6) is 0 Å². The van der Waals surface area contributed by atoms with Crippen LogP contribution >= 0.6 is 11.6 Å². The van der Waals surface area contributed by atoms with Gasteiger partial charge in [0.25, 0.3) is 0 Å². The summed E-state index contributed by atoms with van der Waals surface area (Å²) in [5.41, 5.74) is 5.26. The molecule has 0 unspecified atom stereocenters. The Labute approximate surface area is 148 Å². The van der Waals surface area contributed by atoms with E-state index in [1.54, 1.807) is 0 Å². The summed E-state index contributed by atoms with van der Waals surface area (Å²) in [6.07, 6.45) is 2.41. The molecule has 2 nitrogen and oxygen atoms in total. The highest BCUT2D eigenvalue weighted by atomic mass is 35.5. The zero-order valence-corrected chi connectivity index (χ0v) is 15.1. The van der Waals surface area contributed by atoms with Crippen LogP contribution in [0.25, 0.3) is 22.0 Å². The SMILES string of the molecule is Cc1c(-c2ccccc2)c2cc(Cl)ccc2n1C1CCN(C)CC1. The first kappa shape index (κ1) is 15.7. The molecule has 4 rings (SSSR count). The first-order valence-corrected chi connectivity index (χ1v) is 9.07. The van der Waals surface area contributed by atoms with Crippen molar-refractivity contribution in [1.29, 1.82) is 0 Å². The Balaban J connectivity index is 1.93. The molecule has 0 radical (unpaired) electrons. The highest BCUT2D eigenvalue weighted by Crippen LogP contribution is 2.39. The third kappa shape index (κ3) is 2.64. The van der Waals surface area contributed by atoms with E-state index in [-0.39, 0.29) is 0 Å². The van der Waals surface area contributed by atoms with E-state index in [4.69, 9.17) is 11.6 Å². The molecule has 0 spiro atoms. The predicted molar refractivity (Wildman–Crippen MR) is 103 cm³/mol. The smallest absolute Gasteiger partial charge is 0.0492 e. The molecule has 1 saturated heterocycles. The molecule has 3 heteroatoms. The lowest BCUT2D eigenvalue weighted by atomic mass is 10.0. The number of rotatable bonds is 2. The summed E-state index contributed by atoms with van der Waals surface area (Å²) in [5.74, 6) is 0. The molecule has 0 N–H and O–H groups in total. The molecule has 1 aliphatic rings. The first-order valence-electron chi connectivity index (χ1n) is 8.69. The van der Waals surface area contributed by atoms with Crippen molar-refractivity contribution in [3.63, 3.8) is 0 Å². The maximum absolute atomic E-state index is 6.33. The Bertz CT molecular complexity index is 858. The van der Waals surface area contributed by atoms with E-state index in [9.17, 15) is 0 Å². The predicted octanol–water partition coefficient (Wildman–Crippen LogP) is 5.54. The molecule has 0 aliphatic carbocycles. The number of benzene rings is 2. The van der Waals surface area contributed by atoms with Crippen molar-refractivity contribution in [2.45, 2.75) is 25.8 Å². The highest BCUT2D eigenvalue weighted by Gasteiger charge is 2.24. The quantitative estimate of drug-likeness (QED) is 0.595. The van der Waals surface area contributed by atoms with Crippen LogP contribution in [0.4, 0.5) is 0 Å². The second-order valence-corrected chi connectivity index (χ2v) is 7.33. The third-order valence-electron chi connectivity index (χ3n) is 5.33. The first-order chi connectivity index (χ1) is 11.6. The fourth-order valence-corrected chi connectivity index (χ4v) is 4.28. The minimum Gasteiger partial charge on any atom is -0.341 e. The average Bonchev–Trinajstić information content (AvgIpc) is 2.88. The number of nitrogens with zero attached hydrogens (tertiary/aromatic N) is 2. The number of fused-ring (bicyclic) bond motifs is 1. The molecule has 1 aliphatic heterocycles. The number of halogens is 1. The van der Waals surface area contributed by atoms with Crippen LogP contribution in [0.3, 0.4) is 0 Å². The van der Waals surface area contributed by atoms with Gasteiger partial charge in [-0.2, -0.15) is 0 Å². The van der Waals surface area contributed by atoms with Gasteiger partial charge in [0.2, 0.25) is 0 Å². The molecular formula is C21H23ClN2. The second-order valence-electron chi connectivity index (χ2n) is 6.89. The molecule has 0 amide bonds. The van der Waals surface area contributed by atoms with E-state index in [2.05, 4.69) is 65.9 Å². The largest absolute Gasteiger partial charge is 0.341 e.